The Bertz CT molecular complexity index is 321. The minimum atomic E-state index is 1.04. The van der Waals surface area contributed by atoms with Gasteiger partial charge >= 0.3 is 0 Å². The third-order valence-electron chi connectivity index (χ3n) is 8.15. The molecule has 0 saturated carbocycles. The maximum absolute atomic E-state index is 2.33. The Morgan fingerprint density at radius 3 is 0.647 bits per heavy atom. The molecule has 0 heteroatoms. The van der Waals surface area contributed by atoms with Gasteiger partial charge in [-0.05, 0) is 5.92 Å². The third-order valence-corrected chi connectivity index (χ3v) is 8.15. The maximum Gasteiger partial charge on any atom is -0.0414 e. The summed E-state index contributed by atoms with van der Waals surface area (Å²) in [5, 5.41) is 0. The fourth-order valence-electron chi connectivity index (χ4n) is 5.66. The van der Waals surface area contributed by atoms with Crippen molar-refractivity contribution < 1.29 is 0 Å². The first kappa shape index (κ1) is 34.0. The first-order valence-corrected chi connectivity index (χ1v) is 16.8. The first-order chi connectivity index (χ1) is 16.8. The van der Waals surface area contributed by atoms with Gasteiger partial charge in [0, 0.05) is 0 Å². The smallest absolute Gasteiger partial charge is 0.0414 e. The molecule has 0 aromatic rings. The van der Waals surface area contributed by atoms with Crippen LogP contribution in [0.2, 0.25) is 0 Å². The zero-order chi connectivity index (χ0) is 24.8. The van der Waals surface area contributed by atoms with Gasteiger partial charge in [0.1, 0.15) is 0 Å². The third kappa shape index (κ3) is 28.2. The van der Waals surface area contributed by atoms with Crippen LogP contribution in [0.5, 0.6) is 0 Å². The van der Waals surface area contributed by atoms with E-state index in [1.165, 1.54) is 193 Å². The molecule has 0 atom stereocenters. The van der Waals surface area contributed by atoms with Gasteiger partial charge in [-0.3, -0.25) is 0 Å². The van der Waals surface area contributed by atoms with Crippen molar-refractivity contribution in [1.29, 1.82) is 0 Å². The molecule has 0 spiro atoms. The van der Waals surface area contributed by atoms with E-state index in [1.54, 1.807) is 0 Å². The van der Waals surface area contributed by atoms with E-state index in [1.807, 2.05) is 0 Å². The largest absolute Gasteiger partial charge is 0.0654 e. The summed E-state index contributed by atoms with van der Waals surface area (Å²) in [4.78, 5) is 0. The number of hydrogen-bond acceptors (Lipinski definition) is 0. The van der Waals surface area contributed by atoms with Gasteiger partial charge in [-0.2, -0.15) is 0 Å². The van der Waals surface area contributed by atoms with Gasteiger partial charge in [0.25, 0.3) is 0 Å². The lowest BCUT2D eigenvalue weighted by Crippen LogP contribution is -2.01. The van der Waals surface area contributed by atoms with Crippen LogP contribution in [0.3, 0.4) is 0 Å². The second kappa shape index (κ2) is 31.0. The molecule has 0 aromatic carbocycles. The van der Waals surface area contributed by atoms with Crippen LogP contribution in [-0.2, 0) is 0 Å². The van der Waals surface area contributed by atoms with Crippen LogP contribution in [0.1, 0.15) is 213 Å². The van der Waals surface area contributed by atoms with Crippen molar-refractivity contribution in [3.63, 3.8) is 0 Å². The standard InChI is InChI=1S/C34H70/c1-4-7-10-13-14-15-16-17-18-19-20-21-22-23-24-25-26-27-30-33-34(31-28-11-8-5-2)32-29-12-9-6-3/h34H,4-33H2,1-3H3. The Kier molecular flexibility index (Phi) is 31.0. The van der Waals surface area contributed by atoms with Crippen molar-refractivity contribution in [2.75, 3.05) is 0 Å². The molecule has 34 heavy (non-hydrogen) atoms. The lowest BCUT2D eigenvalue weighted by molar-refractivity contribution is 0.367. The average molecular weight is 479 g/mol. The van der Waals surface area contributed by atoms with Crippen LogP contribution >= 0.6 is 0 Å². The molecule has 0 N–H and O–H groups in total. The van der Waals surface area contributed by atoms with Gasteiger partial charge in [-0.1, -0.05) is 213 Å². The van der Waals surface area contributed by atoms with Crippen LogP contribution < -0.4 is 0 Å². The average Bonchev–Trinajstić information content (AvgIpc) is 2.85. The van der Waals surface area contributed by atoms with E-state index < -0.39 is 0 Å². The van der Waals surface area contributed by atoms with E-state index >= 15 is 0 Å². The molecular formula is C34H70. The summed E-state index contributed by atoms with van der Waals surface area (Å²) in [5.74, 6) is 1.04. The van der Waals surface area contributed by atoms with Crippen LogP contribution in [0.4, 0.5) is 0 Å². The normalized spacial score (nSPS) is 11.6. The molecule has 0 fully saturated rings. The highest BCUT2D eigenvalue weighted by molar-refractivity contribution is 4.62. The summed E-state index contributed by atoms with van der Waals surface area (Å²) < 4.78 is 0. The number of rotatable bonds is 30. The predicted octanol–water partition coefficient (Wildman–Crippen LogP) is 13.4. The summed E-state index contributed by atoms with van der Waals surface area (Å²) in [6, 6.07) is 0. The number of hydrogen-bond donors (Lipinski definition) is 0. The molecule has 206 valence electrons. The highest BCUT2D eigenvalue weighted by atomic mass is 14.1. The fraction of sp³-hybridized carbons (Fsp3) is 1.00. The summed E-state index contributed by atoms with van der Waals surface area (Å²) in [5.41, 5.74) is 0. The summed E-state index contributed by atoms with van der Waals surface area (Å²) in [7, 11) is 0. The van der Waals surface area contributed by atoms with Crippen molar-refractivity contribution in [1.82, 2.24) is 0 Å². The van der Waals surface area contributed by atoms with Crippen molar-refractivity contribution >= 4 is 0 Å². The second-order valence-electron chi connectivity index (χ2n) is 11.7. The summed E-state index contributed by atoms with van der Waals surface area (Å²) >= 11 is 0. The van der Waals surface area contributed by atoms with Gasteiger partial charge in [0.2, 0.25) is 0 Å². The van der Waals surface area contributed by atoms with E-state index in [0.717, 1.165) is 5.92 Å². The van der Waals surface area contributed by atoms with E-state index in [2.05, 4.69) is 20.8 Å². The minimum absolute atomic E-state index is 1.04. The molecule has 0 amide bonds. The van der Waals surface area contributed by atoms with Crippen LogP contribution in [0, 0.1) is 5.92 Å². The summed E-state index contributed by atoms with van der Waals surface area (Å²) in [6.45, 7) is 6.98. The lowest BCUT2D eigenvalue weighted by atomic mass is 9.89. The van der Waals surface area contributed by atoms with Gasteiger partial charge < -0.3 is 0 Å². The van der Waals surface area contributed by atoms with E-state index in [-0.39, 0.29) is 0 Å². The van der Waals surface area contributed by atoms with Gasteiger partial charge in [0.15, 0.2) is 0 Å². The quantitative estimate of drug-likeness (QED) is 0.0900. The Hall–Kier alpha value is 0. The zero-order valence-corrected chi connectivity index (χ0v) is 24.8. The topological polar surface area (TPSA) is 0 Å². The SMILES string of the molecule is CCCCCCCCCCCCCCCCCCCCCC(CCCCCC)CCCCCC. The lowest BCUT2D eigenvalue weighted by Gasteiger charge is -2.17. The van der Waals surface area contributed by atoms with E-state index in [4.69, 9.17) is 0 Å². The maximum atomic E-state index is 2.33. The molecule has 0 aliphatic rings. The minimum Gasteiger partial charge on any atom is -0.0654 e. The van der Waals surface area contributed by atoms with Crippen molar-refractivity contribution in [2.45, 2.75) is 213 Å². The van der Waals surface area contributed by atoms with Gasteiger partial charge in [-0.15, -0.1) is 0 Å². The van der Waals surface area contributed by atoms with Crippen LogP contribution in [-0.4, -0.2) is 0 Å². The van der Waals surface area contributed by atoms with Gasteiger partial charge in [0.05, 0.1) is 0 Å². The molecule has 0 aliphatic carbocycles. The molecule has 0 aromatic heterocycles. The summed E-state index contributed by atoms with van der Waals surface area (Å²) in [6.07, 6.45) is 44.3. The monoisotopic (exact) mass is 479 g/mol. The first-order valence-electron chi connectivity index (χ1n) is 16.8. The highest BCUT2D eigenvalue weighted by Crippen LogP contribution is 2.24. The molecule has 0 unspecified atom stereocenters. The Morgan fingerprint density at radius 2 is 0.412 bits per heavy atom. The van der Waals surface area contributed by atoms with E-state index in [0.29, 0.717) is 0 Å². The molecule has 0 rings (SSSR count). The highest BCUT2D eigenvalue weighted by Gasteiger charge is 2.08. The Labute approximate surface area is 219 Å². The van der Waals surface area contributed by atoms with E-state index in [9.17, 15) is 0 Å². The zero-order valence-electron chi connectivity index (χ0n) is 24.8. The Balaban J connectivity index is 3.40. The molecule has 0 radical (unpaired) electrons. The molecular weight excluding hydrogens is 408 g/mol. The molecule has 0 saturated heterocycles. The van der Waals surface area contributed by atoms with Crippen molar-refractivity contribution in [2.24, 2.45) is 5.92 Å². The molecule has 0 bridgehead atoms. The van der Waals surface area contributed by atoms with Crippen LogP contribution in [0.25, 0.3) is 0 Å². The second-order valence-corrected chi connectivity index (χ2v) is 11.7. The van der Waals surface area contributed by atoms with Gasteiger partial charge in [-0.25, -0.2) is 0 Å². The van der Waals surface area contributed by atoms with Crippen LogP contribution in [0.15, 0.2) is 0 Å². The van der Waals surface area contributed by atoms with Crippen molar-refractivity contribution in [3.8, 4) is 0 Å². The number of unbranched alkanes of at least 4 members (excludes halogenated alkanes) is 24. The molecule has 0 heterocycles. The Morgan fingerprint density at radius 1 is 0.235 bits per heavy atom. The predicted molar refractivity (Wildman–Crippen MR) is 159 cm³/mol. The van der Waals surface area contributed by atoms with Crippen molar-refractivity contribution in [3.05, 3.63) is 0 Å². The fourth-order valence-corrected chi connectivity index (χ4v) is 5.66. The molecule has 0 nitrogen and oxygen atoms in total. The molecule has 0 aliphatic heterocycles.